The smallest absolute Gasteiger partial charge is 0.407 e. The second-order valence-corrected chi connectivity index (χ2v) is 10.6. The molecule has 42 heavy (non-hydrogen) atoms. The first kappa shape index (κ1) is 28.6. The molecule has 0 spiro atoms. The Balaban J connectivity index is 1.26. The Kier molecular flexibility index (Phi) is 8.38. The molecule has 216 valence electrons. The monoisotopic (exact) mass is 568 g/mol. The number of carboxylic acids is 1. The van der Waals surface area contributed by atoms with Gasteiger partial charge in [-0.2, -0.15) is 0 Å². The van der Waals surface area contributed by atoms with Crippen molar-refractivity contribution < 1.29 is 33.8 Å². The lowest BCUT2D eigenvalue weighted by molar-refractivity contribution is -0.167. The fraction of sp³-hybridized carbons (Fsp3) is 0.273. The lowest BCUT2D eigenvalue weighted by Gasteiger charge is -2.47. The van der Waals surface area contributed by atoms with Gasteiger partial charge in [0.25, 0.3) is 0 Å². The number of fused-ring (bicyclic) bond motifs is 3. The molecule has 1 heterocycles. The normalized spacial score (nSPS) is 15.4. The zero-order valence-electron chi connectivity index (χ0n) is 23.0. The number of carbonyl (C=O) groups excluding carboxylic acids is 3. The van der Waals surface area contributed by atoms with Crippen molar-refractivity contribution in [2.24, 2.45) is 5.41 Å². The Bertz CT molecular complexity index is 1450. The number of carbonyl (C=O) groups is 4. The van der Waals surface area contributed by atoms with Gasteiger partial charge in [0.15, 0.2) is 0 Å². The summed E-state index contributed by atoms with van der Waals surface area (Å²) in [5.74, 6) is -2.48. The SMILES string of the molecule is C=CCC1(C(=O)O)CN(C(=O)[C@H](CC(=O)OCc2ccccc2)NC(=O)OCC2c3ccccc3-c3ccccc32)C1. The molecule has 1 aliphatic heterocycles. The molecule has 2 N–H and O–H groups in total. The Morgan fingerprint density at radius 2 is 1.52 bits per heavy atom. The second-order valence-electron chi connectivity index (χ2n) is 10.6. The molecule has 9 nitrogen and oxygen atoms in total. The predicted octanol–water partition coefficient (Wildman–Crippen LogP) is 4.52. The molecule has 2 aliphatic rings. The minimum absolute atomic E-state index is 0.0106. The third kappa shape index (κ3) is 5.90. The van der Waals surface area contributed by atoms with Crippen LogP contribution >= 0.6 is 0 Å². The van der Waals surface area contributed by atoms with E-state index < -0.39 is 41.8 Å². The fourth-order valence-electron chi connectivity index (χ4n) is 5.63. The van der Waals surface area contributed by atoms with Crippen molar-refractivity contribution in [2.75, 3.05) is 19.7 Å². The van der Waals surface area contributed by atoms with Gasteiger partial charge in [0.2, 0.25) is 5.91 Å². The lowest BCUT2D eigenvalue weighted by Crippen LogP contribution is -2.65. The quantitative estimate of drug-likeness (QED) is 0.258. The summed E-state index contributed by atoms with van der Waals surface area (Å²) in [5.41, 5.74) is 3.87. The summed E-state index contributed by atoms with van der Waals surface area (Å²) in [5, 5.41) is 12.2. The van der Waals surface area contributed by atoms with Gasteiger partial charge in [-0.3, -0.25) is 14.4 Å². The summed E-state index contributed by atoms with van der Waals surface area (Å²) >= 11 is 0. The first-order valence-corrected chi connectivity index (χ1v) is 13.8. The van der Waals surface area contributed by atoms with Gasteiger partial charge in [0.05, 0.1) is 6.42 Å². The van der Waals surface area contributed by atoms with Gasteiger partial charge in [-0.25, -0.2) is 4.79 Å². The van der Waals surface area contributed by atoms with Gasteiger partial charge in [-0.15, -0.1) is 6.58 Å². The maximum atomic E-state index is 13.4. The van der Waals surface area contributed by atoms with Crippen LogP contribution < -0.4 is 5.32 Å². The number of allylic oxidation sites excluding steroid dienone is 1. The maximum Gasteiger partial charge on any atom is 0.407 e. The summed E-state index contributed by atoms with van der Waals surface area (Å²) in [4.78, 5) is 52.3. The minimum Gasteiger partial charge on any atom is -0.481 e. The first-order chi connectivity index (χ1) is 20.3. The molecular weight excluding hydrogens is 536 g/mol. The van der Waals surface area contributed by atoms with Crippen LogP contribution in [0.2, 0.25) is 0 Å². The fourth-order valence-corrected chi connectivity index (χ4v) is 5.63. The van der Waals surface area contributed by atoms with Gasteiger partial charge in [0.1, 0.15) is 24.7 Å². The van der Waals surface area contributed by atoms with Crippen molar-refractivity contribution >= 4 is 23.9 Å². The molecule has 0 aromatic heterocycles. The molecule has 0 bridgehead atoms. The molecule has 1 saturated heterocycles. The Morgan fingerprint density at radius 3 is 2.12 bits per heavy atom. The average molecular weight is 569 g/mol. The van der Waals surface area contributed by atoms with E-state index in [0.717, 1.165) is 27.8 Å². The second kappa shape index (κ2) is 12.3. The Labute approximate surface area is 243 Å². The first-order valence-electron chi connectivity index (χ1n) is 13.8. The number of carboxylic acid groups (broad SMARTS) is 1. The number of alkyl carbamates (subject to hydrolysis) is 1. The summed E-state index contributed by atoms with van der Waals surface area (Å²) < 4.78 is 10.9. The van der Waals surface area contributed by atoms with Crippen LogP contribution in [0.3, 0.4) is 0 Å². The molecule has 9 heteroatoms. The van der Waals surface area contributed by atoms with Gasteiger partial charge < -0.3 is 24.8 Å². The van der Waals surface area contributed by atoms with Crippen molar-refractivity contribution in [3.63, 3.8) is 0 Å². The third-order valence-electron chi connectivity index (χ3n) is 7.83. The topological polar surface area (TPSA) is 122 Å². The summed E-state index contributed by atoms with van der Waals surface area (Å²) in [6, 6.07) is 23.6. The van der Waals surface area contributed by atoms with Crippen LogP contribution in [0, 0.1) is 5.41 Å². The summed E-state index contributed by atoms with van der Waals surface area (Å²) in [6.07, 6.45) is 0.398. The molecule has 0 unspecified atom stereocenters. The van der Waals surface area contributed by atoms with Crippen LogP contribution in [0.1, 0.15) is 35.4 Å². The van der Waals surface area contributed by atoms with Crippen molar-refractivity contribution in [2.45, 2.75) is 31.4 Å². The van der Waals surface area contributed by atoms with Crippen LogP contribution in [0.5, 0.6) is 0 Å². The van der Waals surface area contributed by atoms with E-state index in [-0.39, 0.29) is 38.6 Å². The highest BCUT2D eigenvalue weighted by Crippen LogP contribution is 2.44. The molecule has 3 aromatic rings. The van der Waals surface area contributed by atoms with Gasteiger partial charge in [-0.1, -0.05) is 84.9 Å². The highest BCUT2D eigenvalue weighted by molar-refractivity contribution is 5.92. The number of aliphatic carboxylic acids is 1. The van der Waals surface area contributed by atoms with Crippen molar-refractivity contribution in [1.82, 2.24) is 10.2 Å². The van der Waals surface area contributed by atoms with Crippen LogP contribution in [-0.2, 0) is 30.5 Å². The number of hydrogen-bond acceptors (Lipinski definition) is 6. The van der Waals surface area contributed by atoms with E-state index in [1.54, 1.807) is 12.1 Å². The third-order valence-corrected chi connectivity index (χ3v) is 7.83. The molecule has 0 radical (unpaired) electrons. The molecule has 0 saturated carbocycles. The zero-order chi connectivity index (χ0) is 29.7. The van der Waals surface area contributed by atoms with E-state index in [1.165, 1.54) is 11.0 Å². The van der Waals surface area contributed by atoms with Crippen molar-refractivity contribution in [3.8, 4) is 11.1 Å². The van der Waals surface area contributed by atoms with E-state index in [0.29, 0.717) is 0 Å². The molecular formula is C33H32N2O7. The number of benzene rings is 3. The lowest BCUT2D eigenvalue weighted by atomic mass is 9.76. The molecule has 5 rings (SSSR count). The average Bonchev–Trinajstić information content (AvgIpc) is 3.30. The van der Waals surface area contributed by atoms with Gasteiger partial charge in [0, 0.05) is 19.0 Å². The number of rotatable bonds is 11. The standard InChI is InChI=1S/C33H32N2O7/c1-2-16-33(31(38)39)20-35(21-33)30(37)28(17-29(36)41-18-22-10-4-3-5-11-22)34-32(40)42-19-27-25-14-8-6-12-23(25)24-13-7-9-15-26(24)27/h2-15,27-28H,1,16-21H2,(H,34,40)(H,38,39)/t28-/m0/s1. The molecule has 3 aromatic carbocycles. The van der Waals surface area contributed by atoms with E-state index in [9.17, 15) is 24.3 Å². The van der Waals surface area contributed by atoms with E-state index in [2.05, 4.69) is 11.9 Å². The largest absolute Gasteiger partial charge is 0.481 e. The van der Waals surface area contributed by atoms with Gasteiger partial charge >= 0.3 is 18.0 Å². The van der Waals surface area contributed by atoms with Crippen LogP contribution in [0.25, 0.3) is 11.1 Å². The summed E-state index contributed by atoms with van der Waals surface area (Å²) in [6.45, 7) is 3.54. The Morgan fingerprint density at radius 1 is 0.929 bits per heavy atom. The number of ether oxygens (including phenoxy) is 2. The van der Waals surface area contributed by atoms with Crippen molar-refractivity contribution in [3.05, 3.63) is 108 Å². The molecule has 1 aliphatic carbocycles. The zero-order valence-corrected chi connectivity index (χ0v) is 23.0. The van der Waals surface area contributed by atoms with E-state index in [4.69, 9.17) is 9.47 Å². The highest BCUT2D eigenvalue weighted by atomic mass is 16.5. The molecule has 1 fully saturated rings. The predicted molar refractivity (Wildman–Crippen MR) is 154 cm³/mol. The highest BCUT2D eigenvalue weighted by Gasteiger charge is 2.51. The number of esters is 1. The maximum absolute atomic E-state index is 13.4. The number of hydrogen-bond donors (Lipinski definition) is 2. The molecule has 2 amide bonds. The van der Waals surface area contributed by atoms with E-state index in [1.807, 2.05) is 66.7 Å². The number of nitrogens with one attached hydrogen (secondary N) is 1. The molecule has 1 atom stereocenters. The van der Waals surface area contributed by atoms with Crippen LogP contribution in [0.4, 0.5) is 4.79 Å². The number of nitrogens with zero attached hydrogens (tertiary/aromatic N) is 1. The van der Waals surface area contributed by atoms with Gasteiger partial charge in [-0.05, 0) is 34.2 Å². The Hall–Kier alpha value is -4.92. The number of likely N-dealkylation sites (tertiary alicyclic amines) is 1. The minimum atomic E-state index is -1.29. The number of amides is 2. The van der Waals surface area contributed by atoms with E-state index >= 15 is 0 Å². The van der Waals surface area contributed by atoms with Crippen LogP contribution in [0.15, 0.2) is 91.5 Å². The van der Waals surface area contributed by atoms with Crippen molar-refractivity contribution in [1.29, 1.82) is 0 Å². The van der Waals surface area contributed by atoms with Crippen LogP contribution in [-0.4, -0.2) is 59.7 Å². The summed E-state index contributed by atoms with van der Waals surface area (Å²) in [7, 11) is 0.